The maximum absolute atomic E-state index is 9.18. The van der Waals surface area contributed by atoms with Gasteiger partial charge in [-0.15, -0.1) is 0 Å². The largest absolute Gasteiger partial charge is 0.396 e. The molecule has 0 amide bonds. The summed E-state index contributed by atoms with van der Waals surface area (Å²) in [6, 6.07) is 0. The fourth-order valence-electron chi connectivity index (χ4n) is 1.82. The average molecular weight is 184 g/mol. The smallest absolute Gasteiger partial charge is 0.0512 e. The van der Waals surface area contributed by atoms with Crippen LogP contribution in [0.4, 0.5) is 0 Å². The van der Waals surface area contributed by atoms with Gasteiger partial charge in [0, 0.05) is 5.41 Å². The third-order valence-electron chi connectivity index (χ3n) is 3.15. The van der Waals surface area contributed by atoms with Crippen LogP contribution in [0.15, 0.2) is 11.6 Å². The van der Waals surface area contributed by atoms with Crippen molar-refractivity contribution in [1.29, 1.82) is 0 Å². The number of hydrogen-bond donors (Lipinski definition) is 2. The lowest BCUT2D eigenvalue weighted by molar-refractivity contribution is 0.0450. The molecule has 2 N–H and O–H groups in total. The van der Waals surface area contributed by atoms with Crippen molar-refractivity contribution in [2.24, 2.45) is 11.3 Å². The number of rotatable bonds is 3. The van der Waals surface area contributed by atoms with Crippen LogP contribution in [0.3, 0.4) is 0 Å². The highest BCUT2D eigenvalue weighted by molar-refractivity contribution is 5.11. The highest BCUT2D eigenvalue weighted by atomic mass is 16.3. The van der Waals surface area contributed by atoms with Crippen molar-refractivity contribution in [2.45, 2.75) is 33.1 Å². The quantitative estimate of drug-likeness (QED) is 0.656. The first-order chi connectivity index (χ1) is 6.13. The van der Waals surface area contributed by atoms with Crippen molar-refractivity contribution in [3.63, 3.8) is 0 Å². The second-order valence-electron chi connectivity index (χ2n) is 4.45. The van der Waals surface area contributed by atoms with Crippen molar-refractivity contribution in [1.82, 2.24) is 0 Å². The molecular formula is C11H20O2. The normalized spacial score (nSPS) is 21.8. The number of aliphatic hydroxyl groups excluding tert-OH is 2. The lowest BCUT2D eigenvalue weighted by Gasteiger charge is -2.33. The standard InChI is InChI=1S/C11H20O2/c1-9(2)10-3-5-11(7-12,8-13)6-4-10/h3,9,12-13H,4-8H2,1-2H3. The minimum absolute atomic E-state index is 0.103. The van der Waals surface area contributed by atoms with E-state index in [0.29, 0.717) is 5.92 Å². The Balaban J connectivity index is 2.63. The van der Waals surface area contributed by atoms with Crippen LogP contribution in [-0.4, -0.2) is 23.4 Å². The molecule has 0 aromatic rings. The highest BCUT2D eigenvalue weighted by Gasteiger charge is 2.30. The molecular weight excluding hydrogens is 164 g/mol. The molecule has 2 nitrogen and oxygen atoms in total. The van der Waals surface area contributed by atoms with E-state index in [9.17, 15) is 10.2 Å². The molecule has 0 aromatic heterocycles. The number of hydrogen-bond acceptors (Lipinski definition) is 2. The SMILES string of the molecule is CC(C)C1=CCC(CO)(CO)CC1. The van der Waals surface area contributed by atoms with E-state index in [4.69, 9.17) is 0 Å². The Kier molecular flexibility index (Phi) is 3.51. The van der Waals surface area contributed by atoms with Crippen molar-refractivity contribution in [2.75, 3.05) is 13.2 Å². The zero-order valence-corrected chi connectivity index (χ0v) is 8.58. The molecule has 0 aromatic carbocycles. The van der Waals surface area contributed by atoms with Crippen LogP contribution < -0.4 is 0 Å². The summed E-state index contributed by atoms with van der Waals surface area (Å²) in [5.74, 6) is 0.607. The molecule has 1 aliphatic rings. The Labute approximate surface area is 80.3 Å². The van der Waals surface area contributed by atoms with Gasteiger partial charge in [0.05, 0.1) is 13.2 Å². The Morgan fingerprint density at radius 3 is 2.31 bits per heavy atom. The first-order valence-corrected chi connectivity index (χ1v) is 5.04. The second kappa shape index (κ2) is 4.25. The molecule has 0 spiro atoms. The maximum Gasteiger partial charge on any atom is 0.0512 e. The topological polar surface area (TPSA) is 40.5 Å². The molecule has 0 radical (unpaired) electrons. The molecule has 0 saturated carbocycles. The van der Waals surface area contributed by atoms with Crippen LogP contribution >= 0.6 is 0 Å². The summed E-state index contributed by atoms with van der Waals surface area (Å²) in [5.41, 5.74) is 1.23. The molecule has 0 unspecified atom stereocenters. The van der Waals surface area contributed by atoms with Gasteiger partial charge >= 0.3 is 0 Å². The van der Waals surface area contributed by atoms with Crippen LogP contribution in [0.2, 0.25) is 0 Å². The van der Waals surface area contributed by atoms with Crippen molar-refractivity contribution < 1.29 is 10.2 Å². The van der Waals surface area contributed by atoms with Gasteiger partial charge in [-0.2, -0.15) is 0 Å². The highest BCUT2D eigenvalue weighted by Crippen LogP contribution is 2.36. The predicted octanol–water partition coefficient (Wildman–Crippen LogP) is 1.72. The molecule has 1 aliphatic carbocycles. The van der Waals surface area contributed by atoms with Gasteiger partial charge in [0.25, 0.3) is 0 Å². The van der Waals surface area contributed by atoms with Gasteiger partial charge in [0.1, 0.15) is 0 Å². The minimum Gasteiger partial charge on any atom is -0.396 e. The molecule has 13 heavy (non-hydrogen) atoms. The molecule has 0 bridgehead atoms. The van der Waals surface area contributed by atoms with Crippen LogP contribution in [0.25, 0.3) is 0 Å². The van der Waals surface area contributed by atoms with E-state index in [1.807, 2.05) is 0 Å². The van der Waals surface area contributed by atoms with E-state index in [1.165, 1.54) is 5.57 Å². The average Bonchev–Trinajstić information content (AvgIpc) is 2.18. The first-order valence-electron chi connectivity index (χ1n) is 5.04. The second-order valence-corrected chi connectivity index (χ2v) is 4.45. The lowest BCUT2D eigenvalue weighted by Crippen LogP contribution is -2.31. The van der Waals surface area contributed by atoms with Crippen molar-refractivity contribution in [3.8, 4) is 0 Å². The monoisotopic (exact) mass is 184 g/mol. The minimum atomic E-state index is -0.238. The van der Waals surface area contributed by atoms with Gasteiger partial charge in [0.2, 0.25) is 0 Å². The molecule has 2 heteroatoms. The van der Waals surface area contributed by atoms with Gasteiger partial charge < -0.3 is 10.2 Å². The van der Waals surface area contributed by atoms with Gasteiger partial charge in [-0.1, -0.05) is 25.5 Å². The summed E-state index contributed by atoms with van der Waals surface area (Å²) < 4.78 is 0. The third kappa shape index (κ3) is 2.32. The summed E-state index contributed by atoms with van der Waals surface area (Å²) >= 11 is 0. The maximum atomic E-state index is 9.18. The van der Waals surface area contributed by atoms with E-state index in [2.05, 4.69) is 19.9 Å². The Hall–Kier alpha value is -0.340. The molecule has 0 fully saturated rings. The Morgan fingerprint density at radius 1 is 1.38 bits per heavy atom. The van der Waals surface area contributed by atoms with E-state index in [1.54, 1.807) is 0 Å². The fraction of sp³-hybridized carbons (Fsp3) is 0.818. The van der Waals surface area contributed by atoms with Gasteiger partial charge in [-0.3, -0.25) is 0 Å². The summed E-state index contributed by atoms with van der Waals surface area (Å²) in [4.78, 5) is 0. The van der Waals surface area contributed by atoms with Crippen LogP contribution in [0.1, 0.15) is 33.1 Å². The molecule has 1 rings (SSSR count). The van der Waals surface area contributed by atoms with Gasteiger partial charge in [-0.05, 0) is 25.2 Å². The summed E-state index contributed by atoms with van der Waals surface area (Å²) in [7, 11) is 0. The third-order valence-corrected chi connectivity index (χ3v) is 3.15. The van der Waals surface area contributed by atoms with Crippen molar-refractivity contribution >= 4 is 0 Å². The summed E-state index contributed by atoms with van der Waals surface area (Å²) in [6.07, 6.45) is 4.97. The van der Waals surface area contributed by atoms with E-state index >= 15 is 0 Å². The fourth-order valence-corrected chi connectivity index (χ4v) is 1.82. The number of allylic oxidation sites excluding steroid dienone is 2. The van der Waals surface area contributed by atoms with E-state index in [-0.39, 0.29) is 18.6 Å². The van der Waals surface area contributed by atoms with E-state index < -0.39 is 0 Å². The molecule has 0 atom stereocenters. The zero-order chi connectivity index (χ0) is 9.90. The van der Waals surface area contributed by atoms with Crippen LogP contribution in [0.5, 0.6) is 0 Å². The zero-order valence-electron chi connectivity index (χ0n) is 8.58. The Morgan fingerprint density at radius 2 is 2.00 bits per heavy atom. The lowest BCUT2D eigenvalue weighted by atomic mass is 9.74. The molecule has 0 saturated heterocycles. The van der Waals surface area contributed by atoms with Crippen molar-refractivity contribution in [3.05, 3.63) is 11.6 Å². The first kappa shape index (κ1) is 10.7. The van der Waals surface area contributed by atoms with Crippen LogP contribution in [-0.2, 0) is 0 Å². The summed E-state index contributed by atoms with van der Waals surface area (Å²) in [5, 5.41) is 18.4. The Bertz CT molecular complexity index is 190. The van der Waals surface area contributed by atoms with Gasteiger partial charge in [-0.25, -0.2) is 0 Å². The van der Waals surface area contributed by atoms with Gasteiger partial charge in [0.15, 0.2) is 0 Å². The summed E-state index contributed by atoms with van der Waals surface area (Å²) in [6.45, 7) is 4.59. The van der Waals surface area contributed by atoms with Crippen LogP contribution in [0, 0.1) is 11.3 Å². The predicted molar refractivity (Wildman–Crippen MR) is 53.4 cm³/mol. The molecule has 0 heterocycles. The molecule has 76 valence electrons. The number of aliphatic hydroxyl groups is 2. The molecule has 0 aliphatic heterocycles. The van der Waals surface area contributed by atoms with E-state index in [0.717, 1.165) is 19.3 Å².